The van der Waals surface area contributed by atoms with Gasteiger partial charge in [-0.3, -0.25) is 4.79 Å². The maximum atomic E-state index is 12.0. The van der Waals surface area contributed by atoms with E-state index in [1.807, 2.05) is 12.1 Å². The van der Waals surface area contributed by atoms with Crippen molar-refractivity contribution in [3.8, 4) is 22.5 Å². The molecule has 1 heterocycles. The number of carboxylic acids is 1. The summed E-state index contributed by atoms with van der Waals surface area (Å²) in [6.45, 7) is 0. The molecule has 0 saturated carbocycles. The average Bonchev–Trinajstić information content (AvgIpc) is 2.76. The quantitative estimate of drug-likeness (QED) is 0.240. The van der Waals surface area contributed by atoms with Crippen LogP contribution in [0.2, 0.25) is 0 Å². The number of carbonyl (C=O) groups is 1. The van der Waals surface area contributed by atoms with Gasteiger partial charge < -0.3 is 19.6 Å². The van der Waals surface area contributed by atoms with Crippen LogP contribution in [0.25, 0.3) is 44.2 Å². The molecule has 3 aromatic carbocycles. The summed E-state index contributed by atoms with van der Waals surface area (Å²) in [4.78, 5) is 23.9. The van der Waals surface area contributed by atoms with Crippen molar-refractivity contribution >= 4 is 40.3 Å². The standard InChI is InChI=1S/C24H15BO6/c26-15-7-10-19-21(12-15)31-23-16-9-6-14(25(29)30)11-13(16)5-8-20(23)22(19)17-3-1-2-4-18(17)24(27)28/h1-12,29-30H,(H,27,28). The highest BCUT2D eigenvalue weighted by molar-refractivity contribution is 6.59. The Morgan fingerprint density at radius 1 is 0.839 bits per heavy atom. The van der Waals surface area contributed by atoms with Crippen molar-refractivity contribution in [2.75, 3.05) is 0 Å². The van der Waals surface area contributed by atoms with Gasteiger partial charge in [-0.1, -0.05) is 42.5 Å². The van der Waals surface area contributed by atoms with E-state index in [4.69, 9.17) is 4.42 Å². The zero-order chi connectivity index (χ0) is 21.7. The minimum absolute atomic E-state index is 0.140. The first-order valence-corrected chi connectivity index (χ1v) is 9.56. The fourth-order valence-corrected chi connectivity index (χ4v) is 4.01. The Labute approximate surface area is 176 Å². The van der Waals surface area contributed by atoms with Crippen LogP contribution >= 0.6 is 0 Å². The second kappa shape index (κ2) is 7.09. The molecule has 0 unspecified atom stereocenters. The molecule has 6 nitrogen and oxygen atoms in total. The number of hydrogen-bond donors (Lipinski definition) is 3. The first-order chi connectivity index (χ1) is 14.9. The van der Waals surface area contributed by atoms with Gasteiger partial charge in [-0.2, -0.15) is 0 Å². The Hall–Kier alpha value is -3.94. The summed E-state index contributed by atoms with van der Waals surface area (Å²) in [7, 11) is -1.60. The summed E-state index contributed by atoms with van der Waals surface area (Å²) in [5.74, 6) is -0.713. The molecule has 150 valence electrons. The highest BCUT2D eigenvalue weighted by Crippen LogP contribution is 2.42. The van der Waals surface area contributed by atoms with Gasteiger partial charge in [-0.05, 0) is 40.7 Å². The highest BCUT2D eigenvalue weighted by Gasteiger charge is 2.22. The second-order valence-electron chi connectivity index (χ2n) is 7.28. The SMILES string of the molecule is O=C(O)c1ccccc1-c1c2ccc(=O)cc-2oc2c1ccc1cc(B(O)O)ccc12. The van der Waals surface area contributed by atoms with Gasteiger partial charge >= 0.3 is 13.1 Å². The van der Waals surface area contributed by atoms with Crippen LogP contribution < -0.4 is 10.9 Å². The Morgan fingerprint density at radius 3 is 2.39 bits per heavy atom. The lowest BCUT2D eigenvalue weighted by molar-refractivity contribution is 0.0697. The van der Waals surface area contributed by atoms with Gasteiger partial charge in [0.1, 0.15) is 11.3 Å². The van der Waals surface area contributed by atoms with E-state index >= 15 is 0 Å². The highest BCUT2D eigenvalue weighted by atomic mass is 16.4. The molecule has 0 bridgehead atoms. The number of fused-ring (bicyclic) bond motifs is 4. The van der Waals surface area contributed by atoms with Gasteiger partial charge in [-0.15, -0.1) is 0 Å². The van der Waals surface area contributed by atoms with Gasteiger partial charge in [-0.25, -0.2) is 4.79 Å². The molecule has 3 N–H and O–H groups in total. The lowest BCUT2D eigenvalue weighted by Gasteiger charge is -2.17. The van der Waals surface area contributed by atoms with Crippen molar-refractivity contribution in [1.29, 1.82) is 0 Å². The molecule has 0 spiro atoms. The number of hydrogen-bond acceptors (Lipinski definition) is 5. The molecule has 31 heavy (non-hydrogen) atoms. The van der Waals surface area contributed by atoms with E-state index in [9.17, 15) is 24.7 Å². The Morgan fingerprint density at radius 2 is 1.61 bits per heavy atom. The molecule has 0 saturated heterocycles. The molecule has 0 radical (unpaired) electrons. The van der Waals surface area contributed by atoms with E-state index < -0.39 is 13.1 Å². The fraction of sp³-hybridized carbons (Fsp3) is 0. The van der Waals surface area contributed by atoms with E-state index in [0.29, 0.717) is 44.3 Å². The normalized spacial score (nSPS) is 11.3. The molecule has 7 heteroatoms. The molecule has 1 aliphatic carbocycles. The summed E-state index contributed by atoms with van der Waals surface area (Å²) in [6.07, 6.45) is 0. The Kier molecular flexibility index (Phi) is 4.36. The number of carboxylic acid groups (broad SMARTS) is 1. The van der Waals surface area contributed by atoms with Gasteiger partial charge in [0, 0.05) is 28.0 Å². The predicted molar refractivity (Wildman–Crippen MR) is 119 cm³/mol. The Bertz CT molecular complexity index is 1520. The minimum atomic E-state index is -1.60. The van der Waals surface area contributed by atoms with Crippen molar-refractivity contribution in [2.45, 2.75) is 0 Å². The monoisotopic (exact) mass is 410 g/mol. The van der Waals surface area contributed by atoms with Crippen molar-refractivity contribution in [2.24, 2.45) is 0 Å². The molecule has 1 aliphatic heterocycles. The molecule has 0 fully saturated rings. The van der Waals surface area contributed by atoms with E-state index in [-0.39, 0.29) is 11.0 Å². The predicted octanol–water partition coefficient (Wildman–Crippen LogP) is 3.10. The van der Waals surface area contributed by atoms with E-state index in [2.05, 4.69) is 0 Å². The lowest BCUT2D eigenvalue weighted by Crippen LogP contribution is -2.29. The fourth-order valence-electron chi connectivity index (χ4n) is 4.01. The lowest BCUT2D eigenvalue weighted by atomic mass is 9.79. The molecule has 5 rings (SSSR count). The largest absolute Gasteiger partial charge is 0.488 e. The number of rotatable bonds is 3. The third-order valence-electron chi connectivity index (χ3n) is 5.42. The van der Waals surface area contributed by atoms with Gasteiger partial charge in [0.25, 0.3) is 0 Å². The Balaban J connectivity index is 1.97. The summed E-state index contributed by atoms with van der Waals surface area (Å²) in [6, 6.07) is 19.7. The molecular formula is C24H15BO6. The molecular weight excluding hydrogens is 395 g/mol. The van der Waals surface area contributed by atoms with Crippen LogP contribution in [0.3, 0.4) is 0 Å². The van der Waals surface area contributed by atoms with Crippen LogP contribution in [-0.2, 0) is 0 Å². The second-order valence-corrected chi connectivity index (χ2v) is 7.28. The summed E-state index contributed by atoms with van der Waals surface area (Å²) in [5.41, 5.74) is 2.53. The van der Waals surface area contributed by atoms with Crippen LogP contribution in [0, 0.1) is 0 Å². The van der Waals surface area contributed by atoms with Crippen LogP contribution in [0.5, 0.6) is 0 Å². The molecule has 0 aromatic heterocycles. The van der Waals surface area contributed by atoms with Gasteiger partial charge in [0.05, 0.1) is 5.56 Å². The van der Waals surface area contributed by atoms with E-state index in [1.54, 1.807) is 42.5 Å². The third kappa shape index (κ3) is 3.07. The van der Waals surface area contributed by atoms with Crippen molar-refractivity contribution < 1.29 is 24.4 Å². The summed E-state index contributed by atoms with van der Waals surface area (Å²) >= 11 is 0. The molecule has 2 aliphatic rings. The summed E-state index contributed by atoms with van der Waals surface area (Å²) in [5, 5.41) is 30.8. The van der Waals surface area contributed by atoms with E-state index in [0.717, 1.165) is 5.39 Å². The van der Waals surface area contributed by atoms with E-state index in [1.165, 1.54) is 18.2 Å². The minimum Gasteiger partial charge on any atom is -0.478 e. The van der Waals surface area contributed by atoms with Crippen LogP contribution in [0.15, 0.2) is 82.0 Å². The van der Waals surface area contributed by atoms with Crippen LogP contribution in [0.1, 0.15) is 10.4 Å². The zero-order valence-corrected chi connectivity index (χ0v) is 16.1. The van der Waals surface area contributed by atoms with Crippen molar-refractivity contribution in [1.82, 2.24) is 0 Å². The maximum Gasteiger partial charge on any atom is 0.488 e. The van der Waals surface area contributed by atoms with Crippen molar-refractivity contribution in [3.63, 3.8) is 0 Å². The van der Waals surface area contributed by atoms with Crippen molar-refractivity contribution in [3.05, 3.63) is 88.6 Å². The van der Waals surface area contributed by atoms with Gasteiger partial charge in [0.2, 0.25) is 0 Å². The van der Waals surface area contributed by atoms with Crippen LogP contribution in [0.4, 0.5) is 0 Å². The topological polar surface area (TPSA) is 108 Å². The van der Waals surface area contributed by atoms with Crippen LogP contribution in [-0.4, -0.2) is 28.2 Å². The average molecular weight is 410 g/mol. The smallest absolute Gasteiger partial charge is 0.478 e. The molecule has 0 atom stereocenters. The summed E-state index contributed by atoms with van der Waals surface area (Å²) < 4.78 is 6.13. The first-order valence-electron chi connectivity index (χ1n) is 9.56. The zero-order valence-electron chi connectivity index (χ0n) is 16.1. The number of aromatic carboxylic acids is 1. The number of benzene rings is 4. The molecule has 0 amide bonds. The first kappa shape index (κ1) is 19.1. The molecule has 3 aromatic rings. The maximum absolute atomic E-state index is 12.0. The van der Waals surface area contributed by atoms with Gasteiger partial charge in [0.15, 0.2) is 5.43 Å². The third-order valence-corrected chi connectivity index (χ3v) is 5.42.